The number of carbonyl (C=O) groups is 1. The third-order valence-corrected chi connectivity index (χ3v) is 3.35. The van der Waals surface area contributed by atoms with Crippen LogP contribution >= 0.6 is 11.6 Å². The summed E-state index contributed by atoms with van der Waals surface area (Å²) in [7, 11) is 0. The number of hydrogen-bond acceptors (Lipinski definition) is 2. The van der Waals surface area contributed by atoms with Crippen molar-refractivity contribution in [2.45, 2.75) is 12.6 Å². The normalized spacial score (nSPS) is 11.1. The smallest absolute Gasteiger partial charge is 0.385 e. The number of amides is 1. The molecule has 0 spiro atoms. The van der Waals surface area contributed by atoms with E-state index in [1.165, 1.54) is 12.1 Å². The standard InChI is InChI=1S/C16H14ClF3N2O/c17-13-6-1-2-7-14(13)22-15(23)8-9-21-12-5-3-4-11(10-12)16(18,19)20/h1-7,10,21H,8-9H2,(H,22,23). The summed E-state index contributed by atoms with van der Waals surface area (Å²) in [5, 5.41) is 5.86. The van der Waals surface area contributed by atoms with Gasteiger partial charge in [-0.1, -0.05) is 29.8 Å². The highest BCUT2D eigenvalue weighted by Gasteiger charge is 2.30. The minimum atomic E-state index is -4.39. The fourth-order valence-electron chi connectivity index (χ4n) is 1.90. The molecule has 122 valence electrons. The Hall–Kier alpha value is -2.21. The van der Waals surface area contributed by atoms with Gasteiger partial charge in [-0.25, -0.2) is 0 Å². The number of anilines is 2. The highest BCUT2D eigenvalue weighted by Crippen LogP contribution is 2.30. The molecule has 0 aliphatic rings. The van der Waals surface area contributed by atoms with Crippen LogP contribution in [-0.2, 0) is 11.0 Å². The molecule has 0 radical (unpaired) electrons. The first kappa shape index (κ1) is 17.1. The molecule has 7 heteroatoms. The molecule has 0 fully saturated rings. The molecule has 0 aliphatic heterocycles. The maximum Gasteiger partial charge on any atom is 0.416 e. The fraction of sp³-hybridized carbons (Fsp3) is 0.188. The van der Waals surface area contributed by atoms with Crippen molar-refractivity contribution in [3.63, 3.8) is 0 Å². The predicted molar refractivity (Wildman–Crippen MR) is 84.6 cm³/mol. The van der Waals surface area contributed by atoms with Crippen molar-refractivity contribution < 1.29 is 18.0 Å². The molecular weight excluding hydrogens is 329 g/mol. The van der Waals surface area contributed by atoms with Crippen molar-refractivity contribution in [2.24, 2.45) is 0 Å². The fourth-order valence-corrected chi connectivity index (χ4v) is 2.08. The monoisotopic (exact) mass is 342 g/mol. The number of benzene rings is 2. The number of para-hydroxylation sites is 1. The molecule has 0 saturated heterocycles. The predicted octanol–water partition coefficient (Wildman–Crippen LogP) is 4.80. The zero-order chi connectivity index (χ0) is 16.9. The highest BCUT2D eigenvalue weighted by molar-refractivity contribution is 6.33. The van der Waals surface area contributed by atoms with Gasteiger partial charge in [0.05, 0.1) is 16.3 Å². The minimum absolute atomic E-state index is 0.0987. The molecule has 0 saturated carbocycles. The van der Waals surface area contributed by atoms with Gasteiger partial charge in [0.25, 0.3) is 0 Å². The Morgan fingerprint density at radius 2 is 1.83 bits per heavy atom. The first-order chi connectivity index (χ1) is 10.9. The number of alkyl halides is 3. The Morgan fingerprint density at radius 1 is 1.09 bits per heavy atom. The second kappa shape index (κ2) is 7.37. The van der Waals surface area contributed by atoms with Gasteiger partial charge < -0.3 is 10.6 Å². The summed E-state index contributed by atoms with van der Waals surface area (Å²) in [4.78, 5) is 11.8. The first-order valence-corrected chi connectivity index (χ1v) is 7.19. The van der Waals surface area contributed by atoms with Crippen LogP contribution < -0.4 is 10.6 Å². The number of nitrogens with one attached hydrogen (secondary N) is 2. The number of rotatable bonds is 5. The van der Waals surface area contributed by atoms with Crippen LogP contribution in [0.5, 0.6) is 0 Å². The molecule has 2 rings (SSSR count). The van der Waals surface area contributed by atoms with E-state index in [9.17, 15) is 18.0 Å². The van der Waals surface area contributed by atoms with Gasteiger partial charge in [-0.2, -0.15) is 13.2 Å². The molecular formula is C16H14ClF3N2O. The third kappa shape index (κ3) is 5.17. The molecule has 0 aliphatic carbocycles. The Kier molecular flexibility index (Phi) is 5.50. The molecule has 1 amide bonds. The van der Waals surface area contributed by atoms with Crippen molar-refractivity contribution in [1.82, 2.24) is 0 Å². The minimum Gasteiger partial charge on any atom is -0.385 e. The number of hydrogen-bond donors (Lipinski definition) is 2. The quantitative estimate of drug-likeness (QED) is 0.819. The molecule has 0 unspecified atom stereocenters. The van der Waals surface area contributed by atoms with E-state index in [1.807, 2.05) is 0 Å². The summed E-state index contributed by atoms with van der Waals surface area (Å²) < 4.78 is 37.8. The van der Waals surface area contributed by atoms with E-state index >= 15 is 0 Å². The van der Waals surface area contributed by atoms with Gasteiger partial charge in [0.1, 0.15) is 0 Å². The van der Waals surface area contributed by atoms with E-state index in [2.05, 4.69) is 10.6 Å². The Bertz CT molecular complexity index is 689. The van der Waals surface area contributed by atoms with E-state index in [4.69, 9.17) is 11.6 Å². The summed E-state index contributed by atoms with van der Waals surface area (Å²) in [6, 6.07) is 11.6. The maximum absolute atomic E-state index is 12.6. The van der Waals surface area contributed by atoms with Gasteiger partial charge in [0, 0.05) is 18.7 Å². The topological polar surface area (TPSA) is 41.1 Å². The van der Waals surface area contributed by atoms with Gasteiger partial charge in [-0.3, -0.25) is 4.79 Å². The molecule has 2 N–H and O–H groups in total. The van der Waals surface area contributed by atoms with Crippen LogP contribution in [0.25, 0.3) is 0 Å². The largest absolute Gasteiger partial charge is 0.416 e. The summed E-state index contributed by atoms with van der Waals surface area (Å²) in [6.07, 6.45) is -4.29. The second-order valence-corrected chi connectivity index (χ2v) is 5.19. The lowest BCUT2D eigenvalue weighted by atomic mass is 10.2. The van der Waals surface area contributed by atoms with E-state index < -0.39 is 11.7 Å². The zero-order valence-corrected chi connectivity index (χ0v) is 12.7. The van der Waals surface area contributed by atoms with Crippen LogP contribution in [0.4, 0.5) is 24.5 Å². The molecule has 0 aromatic heterocycles. The average Bonchev–Trinajstić information content (AvgIpc) is 2.49. The van der Waals surface area contributed by atoms with Gasteiger partial charge in [0.15, 0.2) is 0 Å². The Balaban J connectivity index is 1.85. The molecule has 0 atom stereocenters. The van der Waals surface area contributed by atoms with Gasteiger partial charge in [-0.15, -0.1) is 0 Å². The summed E-state index contributed by atoms with van der Waals surface area (Å²) in [5.41, 5.74) is 0.0756. The lowest BCUT2D eigenvalue weighted by Gasteiger charge is -2.11. The first-order valence-electron chi connectivity index (χ1n) is 6.82. The lowest BCUT2D eigenvalue weighted by Crippen LogP contribution is -2.16. The van der Waals surface area contributed by atoms with Crippen molar-refractivity contribution in [1.29, 1.82) is 0 Å². The number of carbonyl (C=O) groups excluding carboxylic acids is 1. The Morgan fingerprint density at radius 3 is 2.52 bits per heavy atom. The summed E-state index contributed by atoms with van der Waals surface area (Å²) in [6.45, 7) is 0.206. The van der Waals surface area contributed by atoms with Gasteiger partial charge in [-0.05, 0) is 30.3 Å². The van der Waals surface area contributed by atoms with E-state index in [1.54, 1.807) is 24.3 Å². The third-order valence-electron chi connectivity index (χ3n) is 3.02. The Labute approximate surface area is 136 Å². The molecule has 23 heavy (non-hydrogen) atoms. The van der Waals surface area contributed by atoms with Gasteiger partial charge >= 0.3 is 6.18 Å². The molecule has 0 heterocycles. The molecule has 0 bridgehead atoms. The van der Waals surface area contributed by atoms with Crippen LogP contribution in [0.1, 0.15) is 12.0 Å². The van der Waals surface area contributed by atoms with Gasteiger partial charge in [0.2, 0.25) is 5.91 Å². The van der Waals surface area contributed by atoms with Crippen LogP contribution in [0.2, 0.25) is 5.02 Å². The van der Waals surface area contributed by atoms with Crippen molar-refractivity contribution in [3.8, 4) is 0 Å². The molecule has 2 aromatic rings. The van der Waals surface area contributed by atoms with Crippen LogP contribution in [0.3, 0.4) is 0 Å². The lowest BCUT2D eigenvalue weighted by molar-refractivity contribution is -0.137. The van der Waals surface area contributed by atoms with Crippen molar-refractivity contribution in [2.75, 3.05) is 17.2 Å². The van der Waals surface area contributed by atoms with Crippen LogP contribution in [0.15, 0.2) is 48.5 Å². The zero-order valence-electron chi connectivity index (χ0n) is 12.0. The second-order valence-electron chi connectivity index (χ2n) is 4.78. The number of halogens is 4. The van der Waals surface area contributed by atoms with Crippen molar-refractivity contribution >= 4 is 28.9 Å². The van der Waals surface area contributed by atoms with E-state index in [0.29, 0.717) is 16.4 Å². The highest BCUT2D eigenvalue weighted by atomic mass is 35.5. The molecule has 3 nitrogen and oxygen atoms in total. The maximum atomic E-state index is 12.6. The van der Waals surface area contributed by atoms with Crippen LogP contribution in [0, 0.1) is 0 Å². The van der Waals surface area contributed by atoms with E-state index in [-0.39, 0.29) is 18.9 Å². The van der Waals surface area contributed by atoms with Crippen LogP contribution in [-0.4, -0.2) is 12.5 Å². The SMILES string of the molecule is O=C(CCNc1cccc(C(F)(F)F)c1)Nc1ccccc1Cl. The molecule has 2 aromatic carbocycles. The van der Waals surface area contributed by atoms with E-state index in [0.717, 1.165) is 12.1 Å². The average molecular weight is 343 g/mol. The summed E-state index contributed by atoms with van der Waals surface area (Å²) >= 11 is 5.92. The summed E-state index contributed by atoms with van der Waals surface area (Å²) in [5.74, 6) is -0.280. The van der Waals surface area contributed by atoms with Crippen molar-refractivity contribution in [3.05, 3.63) is 59.1 Å².